The Balaban J connectivity index is 1.25. The van der Waals surface area contributed by atoms with Crippen molar-refractivity contribution in [1.29, 1.82) is 0 Å². The topological polar surface area (TPSA) is 325 Å². The van der Waals surface area contributed by atoms with E-state index in [4.69, 9.17) is 18.9 Å². The number of esters is 3. The fraction of sp³-hybridized carbons (Fsp3) is 0.163. The van der Waals surface area contributed by atoms with Gasteiger partial charge in [0.2, 0.25) is 11.5 Å². The van der Waals surface area contributed by atoms with Gasteiger partial charge in [0, 0.05) is 40.8 Å². The van der Waals surface area contributed by atoms with Crippen molar-refractivity contribution in [3.63, 3.8) is 0 Å². The summed E-state index contributed by atoms with van der Waals surface area (Å²) >= 11 is 0. The van der Waals surface area contributed by atoms with E-state index in [9.17, 15) is 75.0 Å². The van der Waals surface area contributed by atoms with Crippen LogP contribution >= 0.6 is 0 Å². The Labute approximate surface area is 385 Å². The van der Waals surface area contributed by atoms with E-state index >= 15 is 0 Å². The average Bonchev–Trinajstić information content (AvgIpc) is 3.30. The van der Waals surface area contributed by atoms with Crippen molar-refractivity contribution in [1.82, 2.24) is 0 Å². The lowest BCUT2D eigenvalue weighted by Gasteiger charge is -2.29. The fourth-order valence-corrected chi connectivity index (χ4v) is 6.77. The smallest absolute Gasteiger partial charge is 0.343 e. The number of carbonyl (C=O) groups excluding carboxylic acids is 5. The molecule has 0 bridgehead atoms. The number of carbonyl (C=O) groups is 5. The number of benzene rings is 6. The molecule has 0 aliphatic rings. The largest absolute Gasteiger partial charge is 0.508 e. The first-order valence-electron chi connectivity index (χ1n) is 20.4. The molecule has 0 saturated heterocycles. The van der Waals surface area contributed by atoms with Gasteiger partial charge in [-0.25, -0.2) is 14.4 Å². The molecule has 0 fully saturated rings. The number of ketones is 2. The summed E-state index contributed by atoms with van der Waals surface area (Å²) in [5.41, 5.74) is -3.28. The molecule has 19 heteroatoms. The van der Waals surface area contributed by atoms with E-state index < -0.39 is 127 Å². The molecule has 0 radical (unpaired) electrons. The Morgan fingerprint density at radius 2 is 0.882 bits per heavy atom. The molecule has 2 unspecified atom stereocenters. The quantitative estimate of drug-likeness (QED) is 0.0197. The van der Waals surface area contributed by atoms with Crippen LogP contribution in [0.4, 0.5) is 0 Å². The first-order valence-corrected chi connectivity index (χ1v) is 20.4. The van der Waals surface area contributed by atoms with E-state index in [1.165, 1.54) is 26.0 Å². The van der Waals surface area contributed by atoms with Crippen LogP contribution in [0.25, 0.3) is 0 Å². The molecule has 0 aliphatic heterocycles. The van der Waals surface area contributed by atoms with Crippen LogP contribution < -0.4 is 18.9 Å². The fourth-order valence-electron chi connectivity index (χ4n) is 6.77. The zero-order valence-electron chi connectivity index (χ0n) is 36.1. The van der Waals surface area contributed by atoms with E-state index in [0.29, 0.717) is 0 Å². The zero-order chi connectivity index (χ0) is 49.8. The summed E-state index contributed by atoms with van der Waals surface area (Å²) in [6.07, 6.45) is -0.226. The highest BCUT2D eigenvalue weighted by atomic mass is 16.6. The molecule has 6 rings (SSSR count). The summed E-state index contributed by atoms with van der Waals surface area (Å²) in [5.74, 6) is -15.2. The maximum absolute atomic E-state index is 14.1. The molecule has 0 aliphatic carbocycles. The van der Waals surface area contributed by atoms with Crippen molar-refractivity contribution >= 4 is 29.5 Å². The number of Topliss-reactive ketones (excluding diaryl/α,β-unsaturated/α-hetero) is 2. The third-order valence-electron chi connectivity index (χ3n) is 10.7. The summed E-state index contributed by atoms with van der Waals surface area (Å²) in [7, 11) is 0. The Morgan fingerprint density at radius 3 is 1.32 bits per heavy atom. The SMILES string of the molecule is CCC(Cc1c(O)cc(C(=O)C(C)(CC)Oc2cc(C(=O)Oc3cc(OC(=O)c4ccccc4)cc(OC(=O)c4cc(O)c(O)c(O)c4)c3)cc(O)c2O)cc1O)C(=O)c1cc(O)c(O)c(O)c1. The number of aromatic hydroxyl groups is 10. The predicted molar refractivity (Wildman–Crippen MR) is 236 cm³/mol. The van der Waals surface area contributed by atoms with E-state index in [-0.39, 0.29) is 47.3 Å². The summed E-state index contributed by atoms with van der Waals surface area (Å²) in [6, 6.07) is 18.1. The molecule has 68 heavy (non-hydrogen) atoms. The second-order valence-corrected chi connectivity index (χ2v) is 15.4. The molecule has 0 saturated carbocycles. The highest BCUT2D eigenvalue weighted by Gasteiger charge is 2.37. The van der Waals surface area contributed by atoms with E-state index in [1.54, 1.807) is 25.1 Å². The molecule has 10 N–H and O–H groups in total. The van der Waals surface area contributed by atoms with Gasteiger partial charge >= 0.3 is 17.9 Å². The second kappa shape index (κ2) is 19.5. The molecule has 6 aromatic rings. The Hall–Kier alpha value is -9.13. The standard InChI is InChI=1S/C49H42O19/c1-4-23(41(57)25-12-35(52)42(58)36(53)13-25)11-32-33(50)14-26(15-34(32)51)45(61)49(3,5-2)68-40-19-28(18-39(56)44(40)60)48(64)67-31-21-29(65-46(62)24-9-7-6-8-10-24)20-30(22-31)66-47(63)27-16-37(54)43(59)38(55)17-27/h6-10,12-23,50-56,58-60H,4-5,11H2,1-3H3. The third kappa shape index (κ3) is 10.4. The molecule has 6 aromatic carbocycles. The minimum Gasteiger partial charge on any atom is -0.508 e. The predicted octanol–water partition coefficient (Wildman–Crippen LogP) is 7.28. The average molecular weight is 935 g/mol. The lowest BCUT2D eigenvalue weighted by atomic mass is 9.86. The van der Waals surface area contributed by atoms with Gasteiger partial charge in [-0.15, -0.1) is 0 Å². The first-order chi connectivity index (χ1) is 32.1. The summed E-state index contributed by atoms with van der Waals surface area (Å²) in [4.78, 5) is 67.0. The molecule has 0 aromatic heterocycles. The highest BCUT2D eigenvalue weighted by Crippen LogP contribution is 2.43. The van der Waals surface area contributed by atoms with Gasteiger partial charge in [0.05, 0.1) is 16.7 Å². The van der Waals surface area contributed by atoms with Crippen molar-refractivity contribution < 1.29 is 94.0 Å². The van der Waals surface area contributed by atoms with Gasteiger partial charge in [0.15, 0.2) is 57.4 Å². The molecule has 2 atom stereocenters. The minimum atomic E-state index is -1.93. The molecule has 0 heterocycles. The van der Waals surface area contributed by atoms with Crippen LogP contribution in [0.1, 0.15) is 91.0 Å². The van der Waals surface area contributed by atoms with Crippen molar-refractivity contribution in [2.24, 2.45) is 5.92 Å². The zero-order valence-corrected chi connectivity index (χ0v) is 36.1. The van der Waals surface area contributed by atoms with Crippen molar-refractivity contribution in [3.8, 4) is 80.5 Å². The Bertz CT molecular complexity index is 2910. The van der Waals surface area contributed by atoms with Gasteiger partial charge in [0.25, 0.3) is 0 Å². The van der Waals surface area contributed by atoms with Gasteiger partial charge in [-0.2, -0.15) is 0 Å². The van der Waals surface area contributed by atoms with E-state index in [2.05, 4.69) is 0 Å². The van der Waals surface area contributed by atoms with Crippen LogP contribution in [0.2, 0.25) is 0 Å². The van der Waals surface area contributed by atoms with Gasteiger partial charge < -0.3 is 70.0 Å². The lowest BCUT2D eigenvalue weighted by Crippen LogP contribution is -2.41. The van der Waals surface area contributed by atoms with Crippen molar-refractivity contribution in [2.45, 2.75) is 45.6 Å². The summed E-state index contributed by atoms with van der Waals surface area (Å²) in [6.45, 7) is 4.45. The maximum atomic E-state index is 14.1. The summed E-state index contributed by atoms with van der Waals surface area (Å²) in [5, 5.41) is 103. The number of phenolic OH excluding ortho intramolecular Hbond substituents is 10. The van der Waals surface area contributed by atoms with Crippen LogP contribution in [-0.4, -0.2) is 86.1 Å². The minimum absolute atomic E-state index is 0.117. The second-order valence-electron chi connectivity index (χ2n) is 15.4. The molecular formula is C49H42O19. The maximum Gasteiger partial charge on any atom is 0.343 e. The number of rotatable bonds is 16. The van der Waals surface area contributed by atoms with E-state index in [1.807, 2.05) is 0 Å². The Morgan fingerprint density at radius 1 is 0.485 bits per heavy atom. The Kier molecular flexibility index (Phi) is 13.9. The van der Waals surface area contributed by atoms with Crippen molar-refractivity contribution in [2.75, 3.05) is 0 Å². The monoisotopic (exact) mass is 934 g/mol. The number of hydrogen-bond acceptors (Lipinski definition) is 19. The van der Waals surface area contributed by atoms with Crippen LogP contribution in [0.5, 0.6) is 80.5 Å². The van der Waals surface area contributed by atoms with Gasteiger partial charge in [0.1, 0.15) is 28.7 Å². The number of hydrogen-bond donors (Lipinski definition) is 10. The first kappa shape index (κ1) is 48.3. The van der Waals surface area contributed by atoms with Gasteiger partial charge in [-0.1, -0.05) is 32.0 Å². The van der Waals surface area contributed by atoms with Gasteiger partial charge in [-0.05, 0) is 86.8 Å². The van der Waals surface area contributed by atoms with Crippen LogP contribution in [0, 0.1) is 5.92 Å². The number of ether oxygens (including phenoxy) is 4. The third-order valence-corrected chi connectivity index (χ3v) is 10.7. The van der Waals surface area contributed by atoms with Crippen LogP contribution in [0.15, 0.2) is 97.1 Å². The molecule has 0 spiro atoms. The highest BCUT2D eigenvalue weighted by molar-refractivity contribution is 6.04. The van der Waals surface area contributed by atoms with Crippen molar-refractivity contribution in [3.05, 3.63) is 130 Å². The molecule has 352 valence electrons. The number of phenols is 10. The lowest BCUT2D eigenvalue weighted by molar-refractivity contribution is 0.0491. The molecule has 0 amide bonds. The normalized spacial score (nSPS) is 12.3. The van der Waals surface area contributed by atoms with Crippen LogP contribution in [0.3, 0.4) is 0 Å². The van der Waals surface area contributed by atoms with E-state index in [0.717, 1.165) is 66.7 Å². The molecular weight excluding hydrogens is 893 g/mol. The van der Waals surface area contributed by atoms with Gasteiger partial charge in [-0.3, -0.25) is 9.59 Å². The molecule has 19 nitrogen and oxygen atoms in total. The summed E-state index contributed by atoms with van der Waals surface area (Å²) < 4.78 is 22.2. The van der Waals surface area contributed by atoms with Crippen LogP contribution in [-0.2, 0) is 6.42 Å².